The van der Waals surface area contributed by atoms with Crippen molar-refractivity contribution >= 4 is 17.8 Å². The summed E-state index contributed by atoms with van der Waals surface area (Å²) in [6.07, 6.45) is 2.15. The fourth-order valence-electron chi connectivity index (χ4n) is 2.34. The van der Waals surface area contributed by atoms with Gasteiger partial charge in [-0.3, -0.25) is 9.59 Å². The number of amides is 2. The molecule has 2 amide bonds. The summed E-state index contributed by atoms with van der Waals surface area (Å²) in [4.78, 5) is 33.9. The Bertz CT molecular complexity index is 385. The minimum Gasteiger partial charge on any atom is -0.480 e. The zero-order chi connectivity index (χ0) is 14.6. The van der Waals surface area contributed by atoms with Gasteiger partial charge in [0.25, 0.3) is 0 Å². The number of carbonyl (C=O) groups excluding carboxylic acids is 2. The second-order valence-electron chi connectivity index (χ2n) is 5.29. The normalized spacial score (nSPS) is 27.8. The molecule has 0 aromatic carbocycles. The third kappa shape index (κ3) is 3.66. The first-order valence-electron chi connectivity index (χ1n) is 6.35. The molecule has 19 heavy (non-hydrogen) atoms. The first-order valence-corrected chi connectivity index (χ1v) is 6.35. The van der Waals surface area contributed by atoms with Crippen LogP contribution in [0.1, 0.15) is 39.0 Å². The number of nitrogens with two attached hydrogens (primary N) is 2. The van der Waals surface area contributed by atoms with Crippen LogP contribution in [0.4, 0.5) is 0 Å². The van der Waals surface area contributed by atoms with Crippen LogP contribution < -0.4 is 16.8 Å². The Kier molecular flexibility index (Phi) is 4.88. The SMILES string of the molecule is CC1(C(=O)N[C@@H](CCC(N)=O)C(=O)O)CCCC1N. The highest BCUT2D eigenvalue weighted by Crippen LogP contribution is 2.36. The fraction of sp³-hybridized carbons (Fsp3) is 0.750. The predicted octanol–water partition coefficient (Wildman–Crippen LogP) is -0.661. The van der Waals surface area contributed by atoms with Crippen molar-refractivity contribution in [3.63, 3.8) is 0 Å². The van der Waals surface area contributed by atoms with E-state index in [1.54, 1.807) is 6.92 Å². The van der Waals surface area contributed by atoms with Crippen molar-refractivity contribution in [3.8, 4) is 0 Å². The van der Waals surface area contributed by atoms with Gasteiger partial charge in [-0.15, -0.1) is 0 Å². The molecular weight excluding hydrogens is 250 g/mol. The molecule has 1 saturated carbocycles. The van der Waals surface area contributed by atoms with Gasteiger partial charge in [-0.25, -0.2) is 4.79 Å². The van der Waals surface area contributed by atoms with Crippen LogP contribution in [0.25, 0.3) is 0 Å². The van der Waals surface area contributed by atoms with Crippen molar-refractivity contribution < 1.29 is 19.5 Å². The largest absolute Gasteiger partial charge is 0.480 e. The van der Waals surface area contributed by atoms with Crippen molar-refractivity contribution in [2.24, 2.45) is 16.9 Å². The van der Waals surface area contributed by atoms with Gasteiger partial charge in [-0.05, 0) is 26.2 Å². The van der Waals surface area contributed by atoms with Gasteiger partial charge in [0.15, 0.2) is 0 Å². The maximum atomic E-state index is 12.2. The molecule has 1 aliphatic rings. The predicted molar refractivity (Wildman–Crippen MR) is 67.9 cm³/mol. The molecule has 0 aliphatic heterocycles. The summed E-state index contributed by atoms with van der Waals surface area (Å²) in [7, 11) is 0. The molecule has 3 atom stereocenters. The summed E-state index contributed by atoms with van der Waals surface area (Å²) in [5.74, 6) is -2.14. The van der Waals surface area contributed by atoms with Gasteiger partial charge >= 0.3 is 5.97 Å². The molecule has 0 heterocycles. The molecular formula is C12H21N3O4. The summed E-state index contributed by atoms with van der Waals surface area (Å²) in [5.41, 5.74) is 10.1. The molecule has 0 aromatic heterocycles. The van der Waals surface area contributed by atoms with Crippen LogP contribution in [-0.2, 0) is 14.4 Å². The lowest BCUT2D eigenvalue weighted by molar-refractivity contribution is -0.144. The van der Waals surface area contributed by atoms with E-state index >= 15 is 0 Å². The standard InChI is InChI=1S/C12H21N3O4/c1-12(6-2-3-8(12)13)11(19)15-7(10(17)18)4-5-9(14)16/h7-8H,2-6,13H2,1H3,(H2,14,16)(H,15,19)(H,17,18)/t7-,8?,12?/m0/s1. The molecule has 0 spiro atoms. The first kappa shape index (κ1) is 15.4. The number of hydrogen-bond donors (Lipinski definition) is 4. The van der Waals surface area contributed by atoms with E-state index in [4.69, 9.17) is 16.6 Å². The number of carbonyl (C=O) groups is 3. The lowest BCUT2D eigenvalue weighted by Crippen LogP contribution is -2.52. The fourth-order valence-corrected chi connectivity index (χ4v) is 2.34. The monoisotopic (exact) mass is 271 g/mol. The Hall–Kier alpha value is -1.63. The third-order valence-electron chi connectivity index (χ3n) is 3.83. The Morgan fingerprint density at radius 1 is 1.47 bits per heavy atom. The second-order valence-corrected chi connectivity index (χ2v) is 5.29. The number of nitrogens with one attached hydrogen (secondary N) is 1. The number of primary amides is 1. The molecule has 0 aromatic rings. The smallest absolute Gasteiger partial charge is 0.326 e. The topological polar surface area (TPSA) is 136 Å². The highest BCUT2D eigenvalue weighted by Gasteiger charge is 2.43. The van der Waals surface area contributed by atoms with Crippen molar-refractivity contribution in [3.05, 3.63) is 0 Å². The Morgan fingerprint density at radius 3 is 2.53 bits per heavy atom. The minimum absolute atomic E-state index is 0.0122. The van der Waals surface area contributed by atoms with Gasteiger partial charge in [0, 0.05) is 12.5 Å². The Balaban J connectivity index is 2.66. The molecule has 0 saturated heterocycles. The number of rotatable bonds is 6. The maximum Gasteiger partial charge on any atom is 0.326 e. The van der Waals surface area contributed by atoms with Crippen molar-refractivity contribution in [1.82, 2.24) is 5.32 Å². The molecule has 108 valence electrons. The molecule has 0 radical (unpaired) electrons. The molecule has 1 rings (SSSR count). The van der Waals surface area contributed by atoms with Crippen LogP contribution in [-0.4, -0.2) is 35.0 Å². The summed E-state index contributed by atoms with van der Waals surface area (Å²) < 4.78 is 0. The molecule has 2 unspecified atom stereocenters. The van der Waals surface area contributed by atoms with E-state index in [-0.39, 0.29) is 24.8 Å². The van der Waals surface area contributed by atoms with E-state index in [1.165, 1.54) is 0 Å². The van der Waals surface area contributed by atoms with Gasteiger partial charge < -0.3 is 21.9 Å². The summed E-state index contributed by atoms with van der Waals surface area (Å²) in [6.45, 7) is 1.74. The van der Waals surface area contributed by atoms with Crippen molar-refractivity contribution in [2.75, 3.05) is 0 Å². The van der Waals surface area contributed by atoms with Gasteiger partial charge in [-0.1, -0.05) is 6.42 Å². The average Bonchev–Trinajstić information content (AvgIpc) is 2.65. The number of aliphatic carboxylic acids is 1. The van der Waals surface area contributed by atoms with E-state index in [0.29, 0.717) is 6.42 Å². The highest BCUT2D eigenvalue weighted by molar-refractivity contribution is 5.88. The maximum absolute atomic E-state index is 12.2. The molecule has 1 fully saturated rings. The first-order chi connectivity index (χ1) is 8.77. The van der Waals surface area contributed by atoms with E-state index in [9.17, 15) is 14.4 Å². The van der Waals surface area contributed by atoms with E-state index in [1.807, 2.05) is 0 Å². The second kappa shape index (κ2) is 6.01. The Morgan fingerprint density at radius 2 is 2.11 bits per heavy atom. The van der Waals surface area contributed by atoms with Crippen LogP contribution in [0.3, 0.4) is 0 Å². The molecule has 6 N–H and O–H groups in total. The summed E-state index contributed by atoms with van der Waals surface area (Å²) in [5, 5.41) is 11.5. The van der Waals surface area contributed by atoms with Gasteiger partial charge in [0.2, 0.25) is 11.8 Å². The quantitative estimate of drug-likeness (QED) is 0.508. The van der Waals surface area contributed by atoms with E-state index in [2.05, 4.69) is 5.32 Å². The third-order valence-corrected chi connectivity index (χ3v) is 3.83. The highest BCUT2D eigenvalue weighted by atomic mass is 16.4. The van der Waals surface area contributed by atoms with Crippen LogP contribution in [0.5, 0.6) is 0 Å². The van der Waals surface area contributed by atoms with Gasteiger partial charge in [0.05, 0.1) is 5.41 Å². The van der Waals surface area contributed by atoms with Gasteiger partial charge in [-0.2, -0.15) is 0 Å². The molecule has 7 heteroatoms. The summed E-state index contributed by atoms with van der Waals surface area (Å²) in [6, 6.07) is -1.37. The number of carboxylic acids is 1. The van der Waals surface area contributed by atoms with E-state index < -0.39 is 23.3 Å². The van der Waals surface area contributed by atoms with Crippen LogP contribution in [0, 0.1) is 5.41 Å². The Labute approximate surface area is 111 Å². The average molecular weight is 271 g/mol. The number of hydrogen-bond acceptors (Lipinski definition) is 4. The zero-order valence-electron chi connectivity index (χ0n) is 11.0. The lowest BCUT2D eigenvalue weighted by atomic mass is 9.84. The van der Waals surface area contributed by atoms with Gasteiger partial charge in [0.1, 0.15) is 6.04 Å². The minimum atomic E-state index is -1.18. The van der Waals surface area contributed by atoms with Crippen LogP contribution in [0.2, 0.25) is 0 Å². The van der Waals surface area contributed by atoms with Crippen molar-refractivity contribution in [1.29, 1.82) is 0 Å². The molecule has 0 bridgehead atoms. The van der Waals surface area contributed by atoms with E-state index in [0.717, 1.165) is 12.8 Å². The summed E-state index contributed by atoms with van der Waals surface area (Å²) >= 11 is 0. The lowest BCUT2D eigenvalue weighted by Gasteiger charge is -2.29. The zero-order valence-corrected chi connectivity index (χ0v) is 11.0. The number of carboxylic acid groups (broad SMARTS) is 1. The molecule has 7 nitrogen and oxygen atoms in total. The van der Waals surface area contributed by atoms with Crippen LogP contribution >= 0.6 is 0 Å². The van der Waals surface area contributed by atoms with Crippen LogP contribution in [0.15, 0.2) is 0 Å². The van der Waals surface area contributed by atoms with Crippen molar-refractivity contribution in [2.45, 2.75) is 51.1 Å². The molecule has 1 aliphatic carbocycles.